The third kappa shape index (κ3) is 4.13. The van der Waals surface area contributed by atoms with E-state index in [1.165, 1.54) is 6.07 Å². The molecule has 106 valence electrons. The first-order valence-corrected chi connectivity index (χ1v) is 5.51. The zero-order valence-corrected chi connectivity index (χ0v) is 10.8. The Hall–Kier alpha value is -1.76. The zero-order chi connectivity index (χ0) is 14.6. The van der Waals surface area contributed by atoms with Crippen molar-refractivity contribution in [2.45, 2.75) is 26.0 Å². The Morgan fingerprint density at radius 1 is 1.37 bits per heavy atom. The molecule has 0 atom stereocenters. The van der Waals surface area contributed by atoms with E-state index in [1.807, 2.05) is 0 Å². The number of hydrogen-bond acceptors (Lipinski definition) is 3. The van der Waals surface area contributed by atoms with Crippen LogP contribution >= 0.6 is 0 Å². The van der Waals surface area contributed by atoms with Gasteiger partial charge in [-0.15, -0.1) is 0 Å². The molecule has 0 heterocycles. The minimum atomic E-state index is -3.10. The molecule has 0 unspecified atom stereocenters. The van der Waals surface area contributed by atoms with Gasteiger partial charge in [0, 0.05) is 11.8 Å². The number of anilines is 1. The van der Waals surface area contributed by atoms with Crippen LogP contribution in [-0.4, -0.2) is 25.1 Å². The Bertz CT molecular complexity index is 464. The molecule has 0 spiro atoms. The lowest BCUT2D eigenvalue weighted by Crippen LogP contribution is -2.47. The van der Waals surface area contributed by atoms with Gasteiger partial charge in [-0.05, 0) is 33.0 Å². The van der Waals surface area contributed by atoms with Crippen LogP contribution in [0, 0.1) is 5.82 Å². The summed E-state index contributed by atoms with van der Waals surface area (Å²) in [6.45, 7) is 0.193. The zero-order valence-electron chi connectivity index (χ0n) is 10.8. The number of carbonyl (C=O) groups excluding carboxylic acids is 1. The molecule has 0 bridgehead atoms. The van der Waals surface area contributed by atoms with E-state index in [0.717, 1.165) is 12.1 Å². The molecule has 0 aliphatic carbocycles. The maximum absolute atomic E-state index is 13.4. The van der Waals surface area contributed by atoms with Gasteiger partial charge in [0.05, 0.1) is 5.54 Å². The van der Waals surface area contributed by atoms with Crippen LogP contribution in [0.3, 0.4) is 0 Å². The van der Waals surface area contributed by atoms with Crippen molar-refractivity contribution in [3.63, 3.8) is 0 Å². The summed E-state index contributed by atoms with van der Waals surface area (Å²) in [6.07, 6.45) is 0. The topological polar surface area (TPSA) is 50.4 Å². The van der Waals surface area contributed by atoms with Gasteiger partial charge in [-0.2, -0.15) is 8.78 Å². The summed E-state index contributed by atoms with van der Waals surface area (Å²) in [5.74, 6) is -1.92. The van der Waals surface area contributed by atoms with Gasteiger partial charge in [0.25, 0.3) is 0 Å². The predicted octanol–water partition coefficient (Wildman–Crippen LogP) is 2.36. The Labute approximate surface area is 108 Å². The van der Waals surface area contributed by atoms with E-state index < -0.39 is 23.7 Å². The van der Waals surface area contributed by atoms with Crippen molar-refractivity contribution >= 4 is 11.6 Å². The van der Waals surface area contributed by atoms with E-state index in [4.69, 9.17) is 0 Å². The number of alkyl halides is 2. The average Bonchev–Trinajstić information content (AvgIpc) is 2.32. The van der Waals surface area contributed by atoms with Crippen LogP contribution in [-0.2, 0) is 4.79 Å². The maximum Gasteiger partial charge on any atom is 0.387 e. The number of hydrogen-bond donors (Lipinski definition) is 2. The fourth-order valence-electron chi connectivity index (χ4n) is 1.17. The van der Waals surface area contributed by atoms with E-state index in [9.17, 15) is 18.0 Å². The molecule has 0 saturated heterocycles. The van der Waals surface area contributed by atoms with Gasteiger partial charge in [-0.25, -0.2) is 4.39 Å². The summed E-state index contributed by atoms with van der Waals surface area (Å²) in [5.41, 5.74) is -0.679. The largest absolute Gasteiger partial charge is 0.432 e. The second kappa shape index (κ2) is 5.92. The molecular formula is C12H15F3N2O2. The van der Waals surface area contributed by atoms with Crippen LogP contribution in [0.15, 0.2) is 18.2 Å². The molecule has 1 amide bonds. The highest BCUT2D eigenvalue weighted by atomic mass is 19.3. The molecule has 1 aromatic rings. The molecule has 0 fully saturated rings. The van der Waals surface area contributed by atoms with Crippen molar-refractivity contribution in [1.82, 2.24) is 5.32 Å². The van der Waals surface area contributed by atoms with Crippen molar-refractivity contribution in [2.24, 2.45) is 0 Å². The van der Waals surface area contributed by atoms with Crippen LogP contribution in [0.1, 0.15) is 13.8 Å². The highest BCUT2D eigenvalue weighted by Gasteiger charge is 2.25. The summed E-state index contributed by atoms with van der Waals surface area (Å²) in [5, 5.41) is 5.25. The Morgan fingerprint density at radius 2 is 2.00 bits per heavy atom. The highest BCUT2D eigenvalue weighted by molar-refractivity contribution is 5.97. The van der Waals surface area contributed by atoms with Crippen LogP contribution in [0.5, 0.6) is 5.75 Å². The summed E-state index contributed by atoms with van der Waals surface area (Å²) in [4.78, 5) is 11.8. The van der Waals surface area contributed by atoms with Crippen molar-refractivity contribution in [1.29, 1.82) is 0 Å². The molecule has 19 heavy (non-hydrogen) atoms. The highest BCUT2D eigenvalue weighted by Crippen LogP contribution is 2.23. The molecule has 7 heteroatoms. The smallest absolute Gasteiger partial charge is 0.387 e. The molecule has 1 rings (SSSR count). The minimum absolute atomic E-state index is 0.160. The number of ether oxygens (including phenoxy) is 1. The molecule has 0 aromatic heterocycles. The number of carbonyl (C=O) groups is 1. The number of amides is 1. The summed E-state index contributed by atoms with van der Waals surface area (Å²) in [6, 6.07) is 3.23. The monoisotopic (exact) mass is 276 g/mol. The molecule has 0 aliphatic rings. The summed E-state index contributed by atoms with van der Waals surface area (Å²) < 4.78 is 41.3. The van der Waals surface area contributed by atoms with Crippen molar-refractivity contribution < 1.29 is 22.7 Å². The van der Waals surface area contributed by atoms with Crippen LogP contribution in [0.2, 0.25) is 0 Å². The Kier molecular flexibility index (Phi) is 4.77. The molecule has 0 saturated carbocycles. The van der Waals surface area contributed by atoms with Gasteiger partial charge in [-0.1, -0.05) is 0 Å². The van der Waals surface area contributed by atoms with E-state index in [1.54, 1.807) is 20.9 Å². The Balaban J connectivity index is 2.82. The van der Waals surface area contributed by atoms with Crippen LogP contribution in [0.4, 0.5) is 18.9 Å². The fraction of sp³-hybridized carbons (Fsp3) is 0.417. The lowest BCUT2D eigenvalue weighted by atomic mass is 10.1. The molecule has 1 aromatic carbocycles. The van der Waals surface area contributed by atoms with Crippen molar-refractivity contribution in [2.75, 3.05) is 12.4 Å². The predicted molar refractivity (Wildman–Crippen MR) is 64.8 cm³/mol. The number of nitrogens with one attached hydrogen (secondary N) is 2. The first kappa shape index (κ1) is 15.3. The number of likely N-dealkylation sites (N-methyl/N-ethyl adjacent to an activating group) is 1. The van der Waals surface area contributed by atoms with E-state index >= 15 is 0 Å². The minimum Gasteiger partial charge on any atom is -0.432 e. The quantitative estimate of drug-likeness (QED) is 0.868. The average molecular weight is 276 g/mol. The van der Waals surface area contributed by atoms with E-state index in [0.29, 0.717) is 0 Å². The lowest BCUT2D eigenvalue weighted by Gasteiger charge is -2.22. The number of rotatable bonds is 5. The molecule has 4 nitrogen and oxygen atoms in total. The summed E-state index contributed by atoms with van der Waals surface area (Å²) in [7, 11) is 1.61. The summed E-state index contributed by atoms with van der Waals surface area (Å²) >= 11 is 0. The maximum atomic E-state index is 13.4. The third-order valence-electron chi connectivity index (χ3n) is 2.60. The standard InChI is InChI=1S/C12H15F3N2O2/c1-12(2,16-3)10(18)17-7-4-5-9(8(13)6-7)19-11(14)15/h4-6,11,16H,1-3H3,(H,17,18). The molecule has 0 aliphatic heterocycles. The van der Waals surface area contributed by atoms with Gasteiger partial charge in [0.1, 0.15) is 0 Å². The molecule has 0 radical (unpaired) electrons. The van der Waals surface area contributed by atoms with Gasteiger partial charge in [-0.3, -0.25) is 4.79 Å². The van der Waals surface area contributed by atoms with Crippen molar-refractivity contribution in [3.8, 4) is 5.75 Å². The van der Waals surface area contributed by atoms with Gasteiger partial charge < -0.3 is 15.4 Å². The normalized spacial score (nSPS) is 11.5. The van der Waals surface area contributed by atoms with Crippen LogP contribution < -0.4 is 15.4 Å². The first-order chi connectivity index (χ1) is 8.76. The second-order valence-corrected chi connectivity index (χ2v) is 4.35. The molecular weight excluding hydrogens is 261 g/mol. The number of halogens is 3. The van der Waals surface area contributed by atoms with Crippen molar-refractivity contribution in [3.05, 3.63) is 24.0 Å². The van der Waals surface area contributed by atoms with Gasteiger partial charge in [0.15, 0.2) is 11.6 Å². The molecule has 2 N–H and O–H groups in total. The van der Waals surface area contributed by atoms with Gasteiger partial charge >= 0.3 is 6.61 Å². The van der Waals surface area contributed by atoms with E-state index in [-0.39, 0.29) is 11.6 Å². The van der Waals surface area contributed by atoms with Crippen LogP contribution in [0.25, 0.3) is 0 Å². The SMILES string of the molecule is CNC(C)(C)C(=O)Nc1ccc(OC(F)F)c(F)c1. The third-order valence-corrected chi connectivity index (χ3v) is 2.60. The Morgan fingerprint density at radius 3 is 2.47 bits per heavy atom. The first-order valence-electron chi connectivity index (χ1n) is 5.51. The number of benzene rings is 1. The fourth-order valence-corrected chi connectivity index (χ4v) is 1.17. The van der Waals surface area contributed by atoms with E-state index in [2.05, 4.69) is 15.4 Å². The van der Waals surface area contributed by atoms with Gasteiger partial charge in [0.2, 0.25) is 5.91 Å². The second-order valence-electron chi connectivity index (χ2n) is 4.35. The lowest BCUT2D eigenvalue weighted by molar-refractivity contribution is -0.121.